The van der Waals surface area contributed by atoms with Gasteiger partial charge in [-0.2, -0.15) is 0 Å². The van der Waals surface area contributed by atoms with Crippen molar-refractivity contribution < 1.29 is 0 Å². The predicted octanol–water partition coefficient (Wildman–Crippen LogP) is 10.5. The summed E-state index contributed by atoms with van der Waals surface area (Å²) in [4.78, 5) is 4.36. The number of unbranched alkanes of at least 4 members (excludes halogenated alkanes) is 16. The molecule has 0 aliphatic rings. The van der Waals surface area contributed by atoms with Gasteiger partial charge in [0.1, 0.15) is 0 Å². The Morgan fingerprint density at radius 1 is 0.625 bits per heavy atom. The third kappa shape index (κ3) is 12.4. The Morgan fingerprint density at radius 2 is 1.03 bits per heavy atom. The molecule has 2 heteroatoms. The zero-order valence-corrected chi connectivity index (χ0v) is 22.6. The molecule has 0 fully saturated rings. The molecule has 32 heavy (non-hydrogen) atoms. The van der Waals surface area contributed by atoms with Crippen molar-refractivity contribution in [2.24, 2.45) is 5.92 Å². The van der Waals surface area contributed by atoms with Gasteiger partial charge in [-0.15, -0.1) is 0 Å². The van der Waals surface area contributed by atoms with Crippen LogP contribution in [0.3, 0.4) is 0 Å². The molecule has 0 aliphatic heterocycles. The van der Waals surface area contributed by atoms with E-state index in [1.54, 1.807) is 0 Å². The summed E-state index contributed by atoms with van der Waals surface area (Å²) in [5.41, 5.74) is 0.221. The van der Waals surface area contributed by atoms with Gasteiger partial charge in [0, 0.05) is 17.9 Å². The van der Waals surface area contributed by atoms with Gasteiger partial charge in [-0.3, -0.25) is 0 Å². The van der Waals surface area contributed by atoms with Crippen LogP contribution in [-0.4, -0.2) is 9.55 Å². The van der Waals surface area contributed by atoms with Crippen LogP contribution in [0.1, 0.15) is 163 Å². The third-order valence-electron chi connectivity index (χ3n) is 8.00. The van der Waals surface area contributed by atoms with Gasteiger partial charge in [-0.05, 0) is 32.1 Å². The highest BCUT2D eigenvalue weighted by Crippen LogP contribution is 2.37. The van der Waals surface area contributed by atoms with Gasteiger partial charge >= 0.3 is 0 Å². The number of rotatable bonds is 23. The SMILES string of the molecule is CCCCCCCCCCCCCCCCC(CCCCCC)C(C)(CC)n1ccnc1. The van der Waals surface area contributed by atoms with Crippen molar-refractivity contribution in [3.8, 4) is 0 Å². The highest BCUT2D eigenvalue weighted by molar-refractivity contribution is 4.93. The molecule has 0 aromatic carbocycles. The van der Waals surface area contributed by atoms with E-state index in [-0.39, 0.29) is 5.54 Å². The van der Waals surface area contributed by atoms with Crippen LogP contribution < -0.4 is 0 Å². The first-order valence-electron chi connectivity index (χ1n) is 14.7. The van der Waals surface area contributed by atoms with Gasteiger partial charge in [-0.1, -0.05) is 136 Å². The molecule has 0 aliphatic carbocycles. The summed E-state index contributed by atoms with van der Waals surface area (Å²) in [6.07, 6.45) is 35.9. The van der Waals surface area contributed by atoms with Gasteiger partial charge in [0.05, 0.1) is 6.33 Å². The van der Waals surface area contributed by atoms with Crippen molar-refractivity contribution in [2.45, 2.75) is 168 Å². The number of imidazole rings is 1. The maximum Gasteiger partial charge on any atom is 0.0951 e. The zero-order chi connectivity index (χ0) is 23.3. The first-order valence-corrected chi connectivity index (χ1v) is 14.7. The minimum atomic E-state index is 0.221. The predicted molar refractivity (Wildman–Crippen MR) is 143 cm³/mol. The molecule has 0 spiro atoms. The van der Waals surface area contributed by atoms with Crippen LogP contribution in [0, 0.1) is 5.92 Å². The van der Waals surface area contributed by atoms with E-state index in [9.17, 15) is 0 Å². The highest BCUT2D eigenvalue weighted by Gasteiger charge is 2.33. The quantitative estimate of drug-likeness (QED) is 0.153. The van der Waals surface area contributed by atoms with Gasteiger partial charge in [0.2, 0.25) is 0 Å². The molecule has 188 valence electrons. The average molecular weight is 447 g/mol. The maximum absolute atomic E-state index is 4.36. The molecule has 0 amide bonds. The summed E-state index contributed by atoms with van der Waals surface area (Å²) in [7, 11) is 0. The molecule has 2 nitrogen and oxygen atoms in total. The van der Waals surface area contributed by atoms with Crippen molar-refractivity contribution in [2.75, 3.05) is 0 Å². The lowest BCUT2D eigenvalue weighted by molar-refractivity contribution is 0.153. The van der Waals surface area contributed by atoms with Crippen molar-refractivity contribution >= 4 is 0 Å². The summed E-state index contributed by atoms with van der Waals surface area (Å²) in [5, 5.41) is 0. The highest BCUT2D eigenvalue weighted by atomic mass is 15.1. The Kier molecular flexibility index (Phi) is 18.0. The molecule has 1 aromatic heterocycles. The second kappa shape index (κ2) is 19.7. The van der Waals surface area contributed by atoms with Gasteiger partial charge in [-0.25, -0.2) is 4.98 Å². The van der Waals surface area contributed by atoms with E-state index in [0.717, 1.165) is 5.92 Å². The molecule has 1 aromatic rings. The summed E-state index contributed by atoms with van der Waals surface area (Å²) < 4.78 is 2.40. The molecule has 2 atom stereocenters. The Bertz CT molecular complexity index is 495. The second-order valence-corrected chi connectivity index (χ2v) is 10.6. The monoisotopic (exact) mass is 446 g/mol. The summed E-state index contributed by atoms with van der Waals surface area (Å²) in [6, 6.07) is 0. The fourth-order valence-corrected chi connectivity index (χ4v) is 5.41. The molecule has 1 heterocycles. The zero-order valence-electron chi connectivity index (χ0n) is 22.6. The van der Waals surface area contributed by atoms with Gasteiger partial charge in [0.15, 0.2) is 0 Å². The minimum absolute atomic E-state index is 0.221. The summed E-state index contributed by atoms with van der Waals surface area (Å²) >= 11 is 0. The number of hydrogen-bond acceptors (Lipinski definition) is 1. The van der Waals surface area contributed by atoms with Crippen molar-refractivity contribution in [3.05, 3.63) is 18.7 Å². The van der Waals surface area contributed by atoms with E-state index in [0.29, 0.717) is 0 Å². The number of hydrogen-bond donors (Lipinski definition) is 0. The second-order valence-electron chi connectivity index (χ2n) is 10.6. The van der Waals surface area contributed by atoms with Crippen LogP contribution in [-0.2, 0) is 5.54 Å². The van der Waals surface area contributed by atoms with Crippen molar-refractivity contribution in [3.63, 3.8) is 0 Å². The van der Waals surface area contributed by atoms with Crippen molar-refractivity contribution in [1.29, 1.82) is 0 Å². The fourth-order valence-electron chi connectivity index (χ4n) is 5.41. The van der Waals surface area contributed by atoms with E-state index in [4.69, 9.17) is 0 Å². The normalized spacial score (nSPS) is 14.5. The van der Waals surface area contributed by atoms with E-state index in [1.807, 2.05) is 12.5 Å². The van der Waals surface area contributed by atoms with E-state index >= 15 is 0 Å². The number of nitrogens with zero attached hydrogens (tertiary/aromatic N) is 2. The Hall–Kier alpha value is -0.790. The standard InChI is InChI=1S/C30H58N2/c1-5-8-10-12-13-14-15-16-17-18-19-20-21-23-25-29(24-22-11-9-6-2)30(4,7-3)32-27-26-31-28-32/h26-29H,5-25H2,1-4H3. The molecular formula is C30H58N2. The molecule has 0 saturated heterocycles. The van der Waals surface area contributed by atoms with Crippen LogP contribution in [0.15, 0.2) is 18.7 Å². The largest absolute Gasteiger partial charge is 0.331 e. The molecule has 0 saturated carbocycles. The van der Waals surface area contributed by atoms with E-state index in [2.05, 4.69) is 43.4 Å². The third-order valence-corrected chi connectivity index (χ3v) is 8.00. The first kappa shape index (κ1) is 29.2. The van der Waals surface area contributed by atoms with Crippen LogP contribution >= 0.6 is 0 Å². The van der Waals surface area contributed by atoms with Crippen LogP contribution in [0.5, 0.6) is 0 Å². The minimum Gasteiger partial charge on any atom is -0.331 e. The topological polar surface area (TPSA) is 17.8 Å². The molecule has 0 bridgehead atoms. The van der Waals surface area contributed by atoms with E-state index < -0.39 is 0 Å². The van der Waals surface area contributed by atoms with Crippen molar-refractivity contribution in [1.82, 2.24) is 9.55 Å². The lowest BCUT2D eigenvalue weighted by Gasteiger charge is -2.39. The molecule has 1 rings (SSSR count). The first-order chi connectivity index (χ1) is 15.7. The average Bonchev–Trinajstić information content (AvgIpc) is 3.36. The molecule has 0 N–H and O–H groups in total. The fraction of sp³-hybridized carbons (Fsp3) is 0.900. The smallest absolute Gasteiger partial charge is 0.0951 e. The Morgan fingerprint density at radius 3 is 1.41 bits per heavy atom. The van der Waals surface area contributed by atoms with Gasteiger partial charge in [0.25, 0.3) is 0 Å². The lowest BCUT2D eigenvalue weighted by Crippen LogP contribution is -2.37. The number of aromatic nitrogens is 2. The van der Waals surface area contributed by atoms with E-state index in [1.165, 1.54) is 135 Å². The van der Waals surface area contributed by atoms with Gasteiger partial charge < -0.3 is 4.57 Å². The van der Waals surface area contributed by atoms with Crippen LogP contribution in [0.4, 0.5) is 0 Å². The summed E-state index contributed by atoms with van der Waals surface area (Å²) in [6.45, 7) is 9.46. The maximum atomic E-state index is 4.36. The Balaban J connectivity index is 2.20. The summed E-state index contributed by atoms with van der Waals surface area (Å²) in [5.74, 6) is 0.774. The molecule has 0 radical (unpaired) electrons. The van der Waals surface area contributed by atoms with Crippen LogP contribution in [0.2, 0.25) is 0 Å². The lowest BCUT2D eigenvalue weighted by atomic mass is 9.76. The van der Waals surface area contributed by atoms with Crippen LogP contribution in [0.25, 0.3) is 0 Å². The molecular weight excluding hydrogens is 388 g/mol. The Labute approximate surface area is 202 Å². The molecule has 2 unspecified atom stereocenters.